The molecule has 2 aromatic rings. The fraction of sp³-hybridized carbons (Fsp3) is 0.188. The van der Waals surface area contributed by atoms with Gasteiger partial charge in [0.1, 0.15) is 0 Å². The summed E-state index contributed by atoms with van der Waals surface area (Å²) in [5.41, 5.74) is 9.22. The largest absolute Gasteiger partial charge is 0.399 e. The molecule has 2 amide bonds. The van der Waals surface area contributed by atoms with E-state index >= 15 is 0 Å². The molecule has 1 unspecified atom stereocenters. The summed E-state index contributed by atoms with van der Waals surface area (Å²) in [6, 6.07) is 12.7. The Kier molecular flexibility index (Phi) is 3.47. The molecule has 3 N–H and O–H groups in total. The first-order valence-electron chi connectivity index (χ1n) is 6.79. The van der Waals surface area contributed by atoms with Crippen LogP contribution in [0.3, 0.4) is 0 Å². The molecule has 0 aliphatic carbocycles. The summed E-state index contributed by atoms with van der Waals surface area (Å²) in [6.07, 6.45) is 0.809. The molecule has 1 atom stereocenters. The van der Waals surface area contributed by atoms with Crippen molar-refractivity contribution in [2.75, 3.05) is 16.0 Å². The van der Waals surface area contributed by atoms with E-state index in [-0.39, 0.29) is 12.1 Å². The average molecular weight is 302 g/mol. The standard InChI is InChI=1S/C16H16ClN3O/c1-10-7-11-8-13(18)5-6-15(11)20(10)16(21)19-14-4-2-3-12(17)9-14/h2-6,8-10H,7,18H2,1H3,(H,19,21). The van der Waals surface area contributed by atoms with Crippen molar-refractivity contribution in [1.82, 2.24) is 0 Å². The topological polar surface area (TPSA) is 58.4 Å². The molecule has 0 spiro atoms. The third kappa shape index (κ3) is 2.67. The number of urea groups is 1. The Morgan fingerprint density at radius 2 is 2.14 bits per heavy atom. The lowest BCUT2D eigenvalue weighted by molar-refractivity contribution is 0.256. The Bertz CT molecular complexity index is 702. The third-order valence-corrected chi connectivity index (χ3v) is 3.85. The summed E-state index contributed by atoms with van der Waals surface area (Å²) in [4.78, 5) is 14.3. The maximum absolute atomic E-state index is 12.5. The highest BCUT2D eigenvalue weighted by atomic mass is 35.5. The second kappa shape index (κ2) is 5.30. The van der Waals surface area contributed by atoms with Crippen LogP contribution in [0.1, 0.15) is 12.5 Å². The summed E-state index contributed by atoms with van der Waals surface area (Å²) in [5.74, 6) is 0. The van der Waals surface area contributed by atoms with Crippen molar-refractivity contribution >= 4 is 34.7 Å². The lowest BCUT2D eigenvalue weighted by Crippen LogP contribution is -2.39. The number of nitrogens with zero attached hydrogens (tertiary/aromatic N) is 1. The van der Waals surface area contributed by atoms with Crippen LogP contribution in [0.2, 0.25) is 5.02 Å². The number of hydrogen-bond donors (Lipinski definition) is 2. The number of nitrogen functional groups attached to an aromatic ring is 1. The average Bonchev–Trinajstić information content (AvgIpc) is 2.73. The number of rotatable bonds is 1. The van der Waals surface area contributed by atoms with E-state index in [1.165, 1.54) is 0 Å². The maximum Gasteiger partial charge on any atom is 0.326 e. The quantitative estimate of drug-likeness (QED) is 0.785. The van der Waals surface area contributed by atoms with Crippen molar-refractivity contribution in [3.8, 4) is 0 Å². The van der Waals surface area contributed by atoms with E-state index in [0.29, 0.717) is 10.7 Å². The van der Waals surface area contributed by atoms with Crippen molar-refractivity contribution < 1.29 is 4.79 Å². The Morgan fingerprint density at radius 3 is 2.90 bits per heavy atom. The van der Waals surface area contributed by atoms with Gasteiger partial charge in [0.25, 0.3) is 0 Å². The van der Waals surface area contributed by atoms with Gasteiger partial charge in [0.2, 0.25) is 0 Å². The van der Waals surface area contributed by atoms with Crippen LogP contribution in [0.25, 0.3) is 0 Å². The number of hydrogen-bond acceptors (Lipinski definition) is 2. The number of benzene rings is 2. The predicted octanol–water partition coefficient (Wildman–Crippen LogP) is 3.91. The molecule has 0 radical (unpaired) electrons. The molecule has 108 valence electrons. The SMILES string of the molecule is CC1Cc2cc(N)ccc2N1C(=O)Nc1cccc(Cl)c1. The van der Waals surface area contributed by atoms with E-state index in [1.807, 2.05) is 31.2 Å². The molecule has 1 heterocycles. The second-order valence-electron chi connectivity index (χ2n) is 5.25. The van der Waals surface area contributed by atoms with Gasteiger partial charge < -0.3 is 11.1 Å². The smallest absolute Gasteiger partial charge is 0.326 e. The molecule has 3 rings (SSSR count). The van der Waals surface area contributed by atoms with Crippen LogP contribution in [0.5, 0.6) is 0 Å². The Morgan fingerprint density at radius 1 is 1.33 bits per heavy atom. The van der Waals surface area contributed by atoms with Crippen LogP contribution < -0.4 is 16.0 Å². The summed E-state index contributed by atoms with van der Waals surface area (Å²) in [7, 11) is 0. The predicted molar refractivity (Wildman–Crippen MR) is 87.0 cm³/mol. The van der Waals surface area contributed by atoms with E-state index < -0.39 is 0 Å². The van der Waals surface area contributed by atoms with Crippen LogP contribution in [0, 0.1) is 0 Å². The van der Waals surface area contributed by atoms with Gasteiger partial charge in [-0.15, -0.1) is 0 Å². The summed E-state index contributed by atoms with van der Waals surface area (Å²) in [5, 5.41) is 3.47. The molecule has 0 saturated carbocycles. The molecule has 4 nitrogen and oxygen atoms in total. The van der Waals surface area contributed by atoms with Gasteiger partial charge in [-0.2, -0.15) is 0 Å². The van der Waals surface area contributed by atoms with Crippen molar-refractivity contribution in [2.45, 2.75) is 19.4 Å². The fourth-order valence-corrected chi connectivity index (χ4v) is 2.90. The molecule has 1 aliphatic rings. The van der Waals surface area contributed by atoms with E-state index in [1.54, 1.807) is 23.1 Å². The van der Waals surface area contributed by atoms with Gasteiger partial charge in [-0.1, -0.05) is 17.7 Å². The lowest BCUT2D eigenvalue weighted by Gasteiger charge is -2.23. The van der Waals surface area contributed by atoms with E-state index in [0.717, 1.165) is 23.4 Å². The first kappa shape index (κ1) is 13.8. The van der Waals surface area contributed by atoms with Crippen molar-refractivity contribution in [1.29, 1.82) is 0 Å². The first-order chi connectivity index (χ1) is 10.0. The first-order valence-corrected chi connectivity index (χ1v) is 7.16. The minimum Gasteiger partial charge on any atom is -0.399 e. The van der Waals surface area contributed by atoms with Crippen molar-refractivity contribution in [2.24, 2.45) is 0 Å². The number of amides is 2. The normalized spacial score (nSPS) is 16.7. The van der Waals surface area contributed by atoms with E-state index in [4.69, 9.17) is 17.3 Å². The highest BCUT2D eigenvalue weighted by molar-refractivity contribution is 6.30. The summed E-state index contributed by atoms with van der Waals surface area (Å²) in [6.45, 7) is 2.02. The Hall–Kier alpha value is -2.20. The highest BCUT2D eigenvalue weighted by Gasteiger charge is 2.30. The minimum absolute atomic E-state index is 0.0981. The van der Waals surface area contributed by atoms with Gasteiger partial charge in [-0.3, -0.25) is 4.90 Å². The number of halogens is 1. The Labute approximate surface area is 128 Å². The third-order valence-electron chi connectivity index (χ3n) is 3.61. The molecule has 2 aromatic carbocycles. The van der Waals surface area contributed by atoms with Crippen LogP contribution in [-0.4, -0.2) is 12.1 Å². The van der Waals surface area contributed by atoms with Crippen molar-refractivity contribution in [3.63, 3.8) is 0 Å². The monoisotopic (exact) mass is 301 g/mol. The minimum atomic E-state index is -0.159. The van der Waals surface area contributed by atoms with Gasteiger partial charge in [0.05, 0.1) is 0 Å². The number of carbonyl (C=O) groups is 1. The van der Waals surface area contributed by atoms with Gasteiger partial charge >= 0.3 is 6.03 Å². The van der Waals surface area contributed by atoms with Crippen molar-refractivity contribution in [3.05, 3.63) is 53.1 Å². The van der Waals surface area contributed by atoms with E-state index in [2.05, 4.69) is 5.32 Å². The molecular formula is C16H16ClN3O. The van der Waals surface area contributed by atoms with E-state index in [9.17, 15) is 4.79 Å². The lowest BCUT2D eigenvalue weighted by atomic mass is 10.1. The molecule has 0 fully saturated rings. The summed E-state index contributed by atoms with van der Waals surface area (Å²) < 4.78 is 0. The molecule has 5 heteroatoms. The van der Waals surface area contributed by atoms with Crippen LogP contribution in [0.15, 0.2) is 42.5 Å². The van der Waals surface area contributed by atoms with Crippen LogP contribution in [0.4, 0.5) is 21.9 Å². The van der Waals surface area contributed by atoms with Gasteiger partial charge in [0, 0.05) is 28.1 Å². The number of nitrogens with one attached hydrogen (secondary N) is 1. The number of nitrogens with two attached hydrogens (primary N) is 1. The molecule has 21 heavy (non-hydrogen) atoms. The molecule has 1 aliphatic heterocycles. The molecule has 0 saturated heterocycles. The Balaban J connectivity index is 1.85. The fourth-order valence-electron chi connectivity index (χ4n) is 2.71. The summed E-state index contributed by atoms with van der Waals surface area (Å²) >= 11 is 5.94. The zero-order valence-corrected chi connectivity index (χ0v) is 12.4. The maximum atomic E-state index is 12.5. The van der Waals surface area contributed by atoms with Crippen LogP contribution in [-0.2, 0) is 6.42 Å². The number of carbonyl (C=O) groups excluding carboxylic acids is 1. The van der Waals surface area contributed by atoms with Crippen LogP contribution >= 0.6 is 11.6 Å². The van der Waals surface area contributed by atoms with Gasteiger partial charge in [-0.25, -0.2) is 4.79 Å². The second-order valence-corrected chi connectivity index (χ2v) is 5.69. The zero-order valence-electron chi connectivity index (χ0n) is 11.6. The highest BCUT2D eigenvalue weighted by Crippen LogP contribution is 2.34. The molecular weight excluding hydrogens is 286 g/mol. The number of fused-ring (bicyclic) bond motifs is 1. The molecule has 0 aromatic heterocycles. The number of anilines is 3. The van der Waals surface area contributed by atoms with Gasteiger partial charge in [-0.05, 0) is 55.3 Å². The molecule has 0 bridgehead atoms. The zero-order chi connectivity index (χ0) is 15.0. The van der Waals surface area contributed by atoms with Gasteiger partial charge in [0.15, 0.2) is 0 Å².